The van der Waals surface area contributed by atoms with Crippen LogP contribution in [0.4, 0.5) is 4.39 Å². The van der Waals surface area contributed by atoms with Gasteiger partial charge in [0.25, 0.3) is 5.91 Å². The van der Waals surface area contributed by atoms with Gasteiger partial charge >= 0.3 is 0 Å². The van der Waals surface area contributed by atoms with Crippen LogP contribution in [0.5, 0.6) is 0 Å². The first-order valence-electron chi connectivity index (χ1n) is 6.94. The van der Waals surface area contributed by atoms with E-state index in [0.29, 0.717) is 21.9 Å². The molecule has 2 heterocycles. The maximum Gasteiger partial charge on any atom is 0.253 e. The summed E-state index contributed by atoms with van der Waals surface area (Å²) in [5.41, 5.74) is 2.30. The van der Waals surface area contributed by atoms with E-state index in [-0.39, 0.29) is 17.0 Å². The number of aryl methyl sites for hydroxylation is 1. The number of pyridine rings is 1. The fourth-order valence-corrected chi connectivity index (χ4v) is 2.46. The Morgan fingerprint density at radius 2 is 2.04 bits per heavy atom. The molecule has 0 aliphatic rings. The fraction of sp³-hybridized carbons (Fsp3) is 0.176. The molecule has 0 aliphatic heterocycles. The summed E-state index contributed by atoms with van der Waals surface area (Å²) in [6.07, 6.45) is 1.64. The summed E-state index contributed by atoms with van der Waals surface area (Å²) in [5, 5.41) is 0.459. The molecule has 0 unspecified atom stereocenters. The quantitative estimate of drug-likeness (QED) is 0.703. The minimum absolute atomic E-state index is 0.257. The first-order valence-corrected chi connectivity index (χ1v) is 7.32. The number of fused-ring (bicyclic) bond motifs is 1. The number of benzene rings is 1. The van der Waals surface area contributed by atoms with E-state index in [2.05, 4.69) is 4.98 Å². The molecule has 0 fully saturated rings. The Kier molecular flexibility index (Phi) is 3.82. The van der Waals surface area contributed by atoms with Crippen LogP contribution in [0.1, 0.15) is 15.9 Å². The van der Waals surface area contributed by atoms with Crippen LogP contribution in [-0.2, 0) is 0 Å². The first-order chi connectivity index (χ1) is 10.9. The molecule has 1 amide bonds. The van der Waals surface area contributed by atoms with Crippen molar-refractivity contribution in [1.82, 2.24) is 9.88 Å². The average Bonchev–Trinajstić information content (AvgIpc) is 2.94. The van der Waals surface area contributed by atoms with Crippen LogP contribution in [0.15, 0.2) is 34.9 Å². The number of aromatic nitrogens is 1. The normalized spacial score (nSPS) is 11.0. The van der Waals surface area contributed by atoms with Gasteiger partial charge in [0.1, 0.15) is 17.1 Å². The number of amides is 1. The zero-order chi connectivity index (χ0) is 16.7. The van der Waals surface area contributed by atoms with Crippen molar-refractivity contribution in [3.63, 3.8) is 0 Å². The lowest BCUT2D eigenvalue weighted by atomic mass is 10.1. The van der Waals surface area contributed by atoms with Crippen molar-refractivity contribution in [1.29, 1.82) is 0 Å². The predicted molar refractivity (Wildman–Crippen MR) is 87.2 cm³/mol. The second-order valence-corrected chi connectivity index (χ2v) is 5.85. The van der Waals surface area contributed by atoms with Crippen molar-refractivity contribution in [2.75, 3.05) is 14.1 Å². The van der Waals surface area contributed by atoms with Gasteiger partial charge in [0, 0.05) is 31.9 Å². The largest absolute Gasteiger partial charge is 0.453 e. The lowest BCUT2D eigenvalue weighted by Gasteiger charge is -2.10. The molecule has 0 radical (unpaired) electrons. The van der Waals surface area contributed by atoms with Crippen LogP contribution >= 0.6 is 11.6 Å². The Labute approximate surface area is 137 Å². The van der Waals surface area contributed by atoms with E-state index in [1.165, 1.54) is 17.0 Å². The number of carbonyl (C=O) groups is 1. The maximum absolute atomic E-state index is 14.4. The monoisotopic (exact) mass is 332 g/mol. The van der Waals surface area contributed by atoms with Gasteiger partial charge in [-0.2, -0.15) is 0 Å². The van der Waals surface area contributed by atoms with Gasteiger partial charge in [0.15, 0.2) is 5.58 Å². The van der Waals surface area contributed by atoms with E-state index in [0.717, 1.165) is 5.56 Å². The molecule has 23 heavy (non-hydrogen) atoms. The van der Waals surface area contributed by atoms with Crippen molar-refractivity contribution in [3.05, 3.63) is 52.4 Å². The van der Waals surface area contributed by atoms with Gasteiger partial charge in [-0.05, 0) is 30.7 Å². The zero-order valence-electron chi connectivity index (χ0n) is 12.9. The molecule has 0 bridgehead atoms. The van der Waals surface area contributed by atoms with Gasteiger partial charge in [0.05, 0.1) is 10.6 Å². The molecule has 4 nitrogen and oxygen atoms in total. The standard InChI is InChI=1S/C17H14ClFN2O2/c1-9-8-20-13-7-14(23-16(13)15(9)18)11-5-4-10(6-12(11)19)17(22)21(2)3/h4-8H,1-3H3. The Morgan fingerprint density at radius 3 is 2.70 bits per heavy atom. The molecule has 118 valence electrons. The van der Waals surface area contributed by atoms with Crippen LogP contribution in [0.2, 0.25) is 5.02 Å². The predicted octanol–water partition coefficient (Wildman–Crippen LogP) is 4.30. The summed E-state index contributed by atoms with van der Waals surface area (Å²) in [5.74, 6) is -0.480. The summed E-state index contributed by atoms with van der Waals surface area (Å²) >= 11 is 6.19. The maximum atomic E-state index is 14.4. The van der Waals surface area contributed by atoms with Gasteiger partial charge in [-0.1, -0.05) is 11.6 Å². The third-order valence-electron chi connectivity index (χ3n) is 3.54. The van der Waals surface area contributed by atoms with Crippen molar-refractivity contribution in [3.8, 4) is 11.3 Å². The molecule has 0 saturated heterocycles. The number of hydrogen-bond acceptors (Lipinski definition) is 3. The van der Waals surface area contributed by atoms with E-state index in [4.69, 9.17) is 16.0 Å². The van der Waals surface area contributed by atoms with Gasteiger partial charge in [0.2, 0.25) is 0 Å². The summed E-state index contributed by atoms with van der Waals surface area (Å²) in [6, 6.07) is 5.91. The van der Waals surface area contributed by atoms with Crippen LogP contribution in [0.3, 0.4) is 0 Å². The van der Waals surface area contributed by atoms with Crippen LogP contribution in [0.25, 0.3) is 22.4 Å². The van der Waals surface area contributed by atoms with E-state index in [9.17, 15) is 9.18 Å². The molecule has 0 saturated carbocycles. The molecule has 3 aromatic rings. The summed E-state index contributed by atoms with van der Waals surface area (Å²) in [7, 11) is 3.23. The van der Waals surface area contributed by atoms with Gasteiger partial charge in [-0.25, -0.2) is 4.39 Å². The topological polar surface area (TPSA) is 46.3 Å². The van der Waals surface area contributed by atoms with Gasteiger partial charge in [-0.15, -0.1) is 0 Å². The van der Waals surface area contributed by atoms with E-state index in [1.54, 1.807) is 32.4 Å². The molecule has 3 rings (SSSR count). The van der Waals surface area contributed by atoms with Crippen molar-refractivity contribution >= 4 is 28.6 Å². The van der Waals surface area contributed by atoms with Crippen molar-refractivity contribution in [2.24, 2.45) is 0 Å². The highest BCUT2D eigenvalue weighted by molar-refractivity contribution is 6.35. The molecule has 6 heteroatoms. The molecule has 0 atom stereocenters. The van der Waals surface area contributed by atoms with Crippen molar-refractivity contribution in [2.45, 2.75) is 6.92 Å². The Balaban J connectivity index is 2.09. The summed E-state index contributed by atoms with van der Waals surface area (Å²) in [4.78, 5) is 17.5. The minimum Gasteiger partial charge on any atom is -0.453 e. The molecule has 1 aromatic carbocycles. The SMILES string of the molecule is Cc1cnc2cc(-c3ccc(C(=O)N(C)C)cc3F)oc2c1Cl. The molecule has 2 aromatic heterocycles. The summed E-state index contributed by atoms with van der Waals surface area (Å²) < 4.78 is 20.0. The highest BCUT2D eigenvalue weighted by atomic mass is 35.5. The average molecular weight is 333 g/mol. The third-order valence-corrected chi connectivity index (χ3v) is 4.01. The van der Waals surface area contributed by atoms with Crippen LogP contribution in [0, 0.1) is 12.7 Å². The Morgan fingerprint density at radius 1 is 1.30 bits per heavy atom. The smallest absolute Gasteiger partial charge is 0.253 e. The molecular weight excluding hydrogens is 319 g/mol. The highest BCUT2D eigenvalue weighted by Crippen LogP contribution is 2.33. The van der Waals surface area contributed by atoms with E-state index < -0.39 is 5.82 Å². The van der Waals surface area contributed by atoms with Crippen LogP contribution < -0.4 is 0 Å². The number of hydrogen-bond donors (Lipinski definition) is 0. The Hall–Kier alpha value is -2.40. The molecule has 0 N–H and O–H groups in total. The number of furan rings is 1. The number of rotatable bonds is 2. The van der Waals surface area contributed by atoms with E-state index >= 15 is 0 Å². The zero-order valence-corrected chi connectivity index (χ0v) is 13.6. The number of nitrogens with zero attached hydrogens (tertiary/aromatic N) is 2. The molecule has 0 spiro atoms. The first kappa shape index (κ1) is 15.5. The molecular formula is C17H14ClFN2O2. The number of carbonyl (C=O) groups excluding carboxylic acids is 1. The second kappa shape index (κ2) is 5.66. The Bertz CT molecular complexity index is 918. The van der Waals surface area contributed by atoms with Crippen molar-refractivity contribution < 1.29 is 13.6 Å². The molecule has 0 aliphatic carbocycles. The highest BCUT2D eigenvalue weighted by Gasteiger charge is 2.17. The summed E-state index contributed by atoms with van der Waals surface area (Å²) in [6.45, 7) is 1.82. The van der Waals surface area contributed by atoms with Crippen LogP contribution in [-0.4, -0.2) is 29.9 Å². The number of halogens is 2. The van der Waals surface area contributed by atoms with Gasteiger partial charge in [-0.3, -0.25) is 9.78 Å². The second-order valence-electron chi connectivity index (χ2n) is 5.47. The van der Waals surface area contributed by atoms with Gasteiger partial charge < -0.3 is 9.32 Å². The van der Waals surface area contributed by atoms with E-state index in [1.807, 2.05) is 6.92 Å². The fourth-order valence-electron chi connectivity index (χ4n) is 2.28. The minimum atomic E-state index is -0.537. The lowest BCUT2D eigenvalue weighted by molar-refractivity contribution is 0.0827. The third kappa shape index (κ3) is 2.68. The lowest BCUT2D eigenvalue weighted by Crippen LogP contribution is -2.21.